The van der Waals surface area contributed by atoms with Gasteiger partial charge in [-0.1, -0.05) is 18.2 Å². The van der Waals surface area contributed by atoms with E-state index in [1.807, 2.05) is 24.3 Å². The van der Waals surface area contributed by atoms with Gasteiger partial charge in [0.25, 0.3) is 0 Å². The van der Waals surface area contributed by atoms with Gasteiger partial charge in [0.05, 0.1) is 6.04 Å². The Morgan fingerprint density at radius 2 is 1.52 bits per heavy atom. The molecule has 0 saturated carbocycles. The lowest BCUT2D eigenvalue weighted by molar-refractivity contribution is -0.142. The highest BCUT2D eigenvalue weighted by atomic mass is 16.4. The smallest absolute Gasteiger partial charge is 0.326 e. The Bertz CT molecular complexity index is 1260. The van der Waals surface area contributed by atoms with Crippen LogP contribution in [-0.4, -0.2) is 76.3 Å². The molecular weight excluding hydrogens is 522 g/mol. The van der Waals surface area contributed by atoms with Crippen molar-refractivity contribution in [2.24, 2.45) is 11.5 Å². The molecule has 2 aromatic rings. The van der Waals surface area contributed by atoms with E-state index in [0.717, 1.165) is 17.3 Å². The minimum absolute atomic E-state index is 0.0234. The van der Waals surface area contributed by atoms with E-state index in [2.05, 4.69) is 26.3 Å². The van der Waals surface area contributed by atoms with Gasteiger partial charge in [-0.3, -0.25) is 24.0 Å². The molecule has 1 saturated heterocycles. The molecule has 0 radical (unpaired) electrons. The summed E-state index contributed by atoms with van der Waals surface area (Å²) in [5.41, 5.74) is 11.9. The minimum Gasteiger partial charge on any atom is -0.480 e. The fraction of sp³-hybridized carbons (Fsp3) is 0.462. The number of aromatic amines is 1. The Balaban J connectivity index is 1.83. The summed E-state index contributed by atoms with van der Waals surface area (Å²) in [5.74, 6) is -4.74. The molecule has 10 N–H and O–H groups in total. The van der Waals surface area contributed by atoms with Crippen LogP contribution in [0.15, 0.2) is 30.5 Å². The number of carboxylic acid groups (broad SMARTS) is 1. The zero-order valence-corrected chi connectivity index (χ0v) is 21.9. The molecule has 0 spiro atoms. The molecule has 1 fully saturated rings. The summed E-state index contributed by atoms with van der Waals surface area (Å²) in [4.78, 5) is 76.9. The van der Waals surface area contributed by atoms with E-state index in [-0.39, 0.29) is 32.1 Å². The fourth-order valence-electron chi connectivity index (χ4n) is 4.55. The highest BCUT2D eigenvalue weighted by molar-refractivity contribution is 5.95. The molecule has 40 heavy (non-hydrogen) atoms. The van der Waals surface area contributed by atoms with Crippen molar-refractivity contribution >= 4 is 46.4 Å². The van der Waals surface area contributed by atoms with E-state index in [0.29, 0.717) is 18.5 Å². The van der Waals surface area contributed by atoms with Gasteiger partial charge in [-0.25, -0.2) is 4.79 Å². The first-order chi connectivity index (χ1) is 19.0. The van der Waals surface area contributed by atoms with Crippen LogP contribution in [-0.2, 0) is 35.2 Å². The lowest BCUT2D eigenvalue weighted by Gasteiger charge is -2.25. The number of amides is 5. The number of aliphatic carboxylic acids is 1. The van der Waals surface area contributed by atoms with Gasteiger partial charge in [-0.2, -0.15) is 0 Å². The van der Waals surface area contributed by atoms with E-state index in [1.165, 1.54) is 0 Å². The van der Waals surface area contributed by atoms with Crippen molar-refractivity contribution in [2.75, 3.05) is 6.54 Å². The third-order valence-corrected chi connectivity index (χ3v) is 6.72. The zero-order valence-electron chi connectivity index (χ0n) is 21.9. The number of para-hydroxylation sites is 1. The summed E-state index contributed by atoms with van der Waals surface area (Å²) in [6.07, 6.45) is 2.23. The first-order valence-electron chi connectivity index (χ1n) is 13.0. The maximum Gasteiger partial charge on any atom is 0.326 e. The van der Waals surface area contributed by atoms with Gasteiger partial charge < -0.3 is 42.8 Å². The van der Waals surface area contributed by atoms with Crippen molar-refractivity contribution in [1.82, 2.24) is 26.3 Å². The SMILES string of the molecule is NC(=O)CCC(NC(=O)C(Cc1c[nH]c2ccccc12)NC(=O)C(CCC(N)=O)NC(=O)C1CCCN1)C(=O)O. The molecule has 14 nitrogen and oxygen atoms in total. The number of nitrogens with two attached hydrogens (primary N) is 2. The first-order valence-corrected chi connectivity index (χ1v) is 13.0. The number of primary amides is 2. The second-order valence-electron chi connectivity index (χ2n) is 9.74. The number of carbonyl (C=O) groups is 6. The monoisotopic (exact) mass is 557 g/mol. The molecule has 3 rings (SSSR count). The molecule has 1 aromatic heterocycles. The number of hydrogen-bond acceptors (Lipinski definition) is 7. The van der Waals surface area contributed by atoms with Crippen LogP contribution in [0.3, 0.4) is 0 Å². The van der Waals surface area contributed by atoms with E-state index in [4.69, 9.17) is 11.5 Å². The maximum absolute atomic E-state index is 13.4. The highest BCUT2D eigenvalue weighted by Gasteiger charge is 2.32. The summed E-state index contributed by atoms with van der Waals surface area (Å²) in [5, 5.41) is 21.0. The molecular formula is C26H35N7O7. The molecule has 2 heterocycles. The van der Waals surface area contributed by atoms with Crippen LogP contribution in [0.1, 0.15) is 44.1 Å². The first kappa shape index (κ1) is 30.1. The lowest BCUT2D eigenvalue weighted by atomic mass is 10.0. The quantitative estimate of drug-likeness (QED) is 0.128. The zero-order chi connectivity index (χ0) is 29.2. The maximum atomic E-state index is 13.4. The Labute approximate surface area is 230 Å². The Morgan fingerprint density at radius 3 is 2.15 bits per heavy atom. The summed E-state index contributed by atoms with van der Waals surface area (Å²) in [6, 6.07) is 2.95. The minimum atomic E-state index is -1.43. The largest absolute Gasteiger partial charge is 0.480 e. The number of rotatable bonds is 15. The van der Waals surface area contributed by atoms with Crippen LogP contribution in [0.4, 0.5) is 0 Å². The molecule has 0 aliphatic carbocycles. The summed E-state index contributed by atoms with van der Waals surface area (Å²) >= 11 is 0. The number of H-pyrrole nitrogens is 1. The van der Waals surface area contributed by atoms with Crippen molar-refractivity contribution in [3.05, 3.63) is 36.0 Å². The lowest BCUT2D eigenvalue weighted by Crippen LogP contribution is -2.57. The number of benzene rings is 1. The number of carbonyl (C=O) groups excluding carboxylic acids is 5. The second kappa shape index (κ2) is 14.1. The van der Waals surface area contributed by atoms with E-state index >= 15 is 0 Å². The van der Waals surface area contributed by atoms with Gasteiger partial charge in [0.2, 0.25) is 29.5 Å². The highest BCUT2D eigenvalue weighted by Crippen LogP contribution is 2.19. The fourth-order valence-corrected chi connectivity index (χ4v) is 4.55. The third-order valence-electron chi connectivity index (χ3n) is 6.72. The van der Waals surface area contributed by atoms with Crippen LogP contribution in [0, 0.1) is 0 Å². The molecule has 1 aliphatic rings. The van der Waals surface area contributed by atoms with Crippen molar-refractivity contribution in [1.29, 1.82) is 0 Å². The van der Waals surface area contributed by atoms with Crippen molar-refractivity contribution < 1.29 is 33.9 Å². The third kappa shape index (κ3) is 8.53. The number of aromatic nitrogens is 1. The average molecular weight is 558 g/mol. The van der Waals surface area contributed by atoms with Gasteiger partial charge in [-0.05, 0) is 43.9 Å². The molecule has 14 heteroatoms. The number of nitrogens with one attached hydrogen (secondary N) is 5. The summed E-state index contributed by atoms with van der Waals surface area (Å²) < 4.78 is 0. The van der Waals surface area contributed by atoms with Gasteiger partial charge in [0, 0.05) is 36.4 Å². The molecule has 216 valence electrons. The standard InChI is InChI=1S/C26H35N7O7/c27-21(34)9-7-18(31-23(36)17-6-3-11-29-17)24(37)33-20(12-14-13-30-16-5-2-1-4-15(14)16)25(38)32-19(26(39)40)8-10-22(28)35/h1-2,4-5,13,17-20,29-30H,3,6-12H2,(H2,27,34)(H2,28,35)(H,31,36)(H,32,38)(H,33,37)(H,39,40). The normalized spacial score (nSPS) is 16.9. The average Bonchev–Trinajstić information content (AvgIpc) is 3.58. The number of carboxylic acids is 1. The van der Waals surface area contributed by atoms with Gasteiger partial charge in [0.1, 0.15) is 18.1 Å². The van der Waals surface area contributed by atoms with Crippen molar-refractivity contribution in [3.8, 4) is 0 Å². The number of hydrogen-bond donors (Lipinski definition) is 8. The Kier molecular flexibility index (Phi) is 10.6. The predicted octanol–water partition coefficient (Wildman–Crippen LogP) is -1.47. The topological polar surface area (TPSA) is 239 Å². The van der Waals surface area contributed by atoms with Crippen LogP contribution >= 0.6 is 0 Å². The molecule has 0 bridgehead atoms. The summed E-state index contributed by atoms with van der Waals surface area (Å²) in [6.45, 7) is 0.656. The van der Waals surface area contributed by atoms with Crippen molar-refractivity contribution in [2.45, 2.75) is 69.1 Å². The van der Waals surface area contributed by atoms with Crippen LogP contribution in [0.2, 0.25) is 0 Å². The van der Waals surface area contributed by atoms with E-state index in [9.17, 15) is 33.9 Å². The molecule has 4 unspecified atom stereocenters. The van der Waals surface area contributed by atoms with E-state index < -0.39 is 59.7 Å². The molecule has 1 aromatic carbocycles. The van der Waals surface area contributed by atoms with E-state index in [1.54, 1.807) is 6.20 Å². The second-order valence-corrected chi connectivity index (χ2v) is 9.74. The number of fused-ring (bicyclic) bond motifs is 1. The van der Waals surface area contributed by atoms with Crippen molar-refractivity contribution in [3.63, 3.8) is 0 Å². The molecule has 1 aliphatic heterocycles. The molecule has 4 atom stereocenters. The Morgan fingerprint density at radius 1 is 0.900 bits per heavy atom. The van der Waals surface area contributed by atoms with Crippen LogP contribution in [0.5, 0.6) is 0 Å². The predicted molar refractivity (Wildman–Crippen MR) is 143 cm³/mol. The van der Waals surface area contributed by atoms with Gasteiger partial charge in [0.15, 0.2) is 0 Å². The molecule has 5 amide bonds. The van der Waals surface area contributed by atoms with Crippen LogP contribution < -0.4 is 32.7 Å². The van der Waals surface area contributed by atoms with Gasteiger partial charge >= 0.3 is 5.97 Å². The van der Waals surface area contributed by atoms with Crippen LogP contribution in [0.25, 0.3) is 10.9 Å². The summed E-state index contributed by atoms with van der Waals surface area (Å²) in [7, 11) is 0. The Hall–Kier alpha value is -4.46. The van der Waals surface area contributed by atoms with Gasteiger partial charge in [-0.15, -0.1) is 0 Å².